The molecule has 0 saturated carbocycles. The molecule has 1 aliphatic rings. The SMILES string of the molecule is CCOc1cc(C=C2C(=O)N(c3ccccc3)C(=O)N(c3ccccc3)C2=O)cc(Br)c1Oc1ccc(C(F)(F)F)cc1[N+](=O)[O-]. The number of nitro groups is 1. The van der Waals surface area contributed by atoms with E-state index >= 15 is 0 Å². The van der Waals surface area contributed by atoms with E-state index in [-0.39, 0.29) is 45.1 Å². The minimum atomic E-state index is -4.82. The lowest BCUT2D eigenvalue weighted by molar-refractivity contribution is -0.385. The fraction of sp³-hybridized carbons (Fsp3) is 0.0938. The number of carbonyl (C=O) groups is 3. The lowest BCUT2D eigenvalue weighted by Crippen LogP contribution is -2.57. The Morgan fingerprint density at radius 3 is 1.91 bits per heavy atom. The van der Waals surface area contributed by atoms with Crippen LogP contribution in [-0.2, 0) is 15.8 Å². The molecule has 0 aromatic heterocycles. The fourth-order valence-corrected chi connectivity index (χ4v) is 5.11. The van der Waals surface area contributed by atoms with Gasteiger partial charge in [-0.05, 0) is 83.0 Å². The Hall–Kier alpha value is -5.50. The molecule has 46 heavy (non-hydrogen) atoms. The summed E-state index contributed by atoms with van der Waals surface area (Å²) in [6.45, 7) is 1.71. The van der Waals surface area contributed by atoms with Crippen molar-refractivity contribution in [2.45, 2.75) is 13.1 Å². The molecule has 4 aromatic rings. The summed E-state index contributed by atoms with van der Waals surface area (Å²) in [5, 5.41) is 11.6. The zero-order valence-corrected chi connectivity index (χ0v) is 25.2. The second-order valence-corrected chi connectivity index (χ2v) is 10.4. The van der Waals surface area contributed by atoms with Gasteiger partial charge in [0.1, 0.15) is 5.57 Å². The third-order valence-electron chi connectivity index (χ3n) is 6.62. The number of alkyl halides is 3. The molecule has 1 aliphatic heterocycles. The molecule has 0 atom stereocenters. The molecule has 0 unspecified atom stereocenters. The van der Waals surface area contributed by atoms with E-state index in [2.05, 4.69) is 15.9 Å². The van der Waals surface area contributed by atoms with Crippen molar-refractivity contribution in [2.75, 3.05) is 16.4 Å². The number of halogens is 4. The second-order valence-electron chi connectivity index (χ2n) is 9.60. The average molecular weight is 696 g/mol. The number of nitrogens with zero attached hydrogens (tertiary/aromatic N) is 3. The average Bonchev–Trinajstić information content (AvgIpc) is 3.01. The van der Waals surface area contributed by atoms with Crippen molar-refractivity contribution in [3.05, 3.63) is 122 Å². The second kappa shape index (κ2) is 12.9. The number of nitro benzene ring substituents is 1. The van der Waals surface area contributed by atoms with Gasteiger partial charge in [-0.1, -0.05) is 36.4 Å². The van der Waals surface area contributed by atoms with Crippen LogP contribution in [0, 0.1) is 10.1 Å². The first-order valence-electron chi connectivity index (χ1n) is 13.4. The summed E-state index contributed by atoms with van der Waals surface area (Å²) in [6, 6.07) is 19.9. The van der Waals surface area contributed by atoms with E-state index in [9.17, 15) is 37.7 Å². The Balaban J connectivity index is 1.60. The maximum Gasteiger partial charge on any atom is 0.416 e. The van der Waals surface area contributed by atoms with Gasteiger partial charge in [0.05, 0.1) is 32.9 Å². The van der Waals surface area contributed by atoms with Crippen LogP contribution in [0.5, 0.6) is 17.2 Å². The van der Waals surface area contributed by atoms with E-state index in [4.69, 9.17) is 9.47 Å². The lowest BCUT2D eigenvalue weighted by Gasteiger charge is -2.34. The summed E-state index contributed by atoms with van der Waals surface area (Å²) in [4.78, 5) is 53.3. The minimum Gasteiger partial charge on any atom is -0.490 e. The highest BCUT2D eigenvalue weighted by molar-refractivity contribution is 9.10. The Kier molecular flexibility index (Phi) is 8.91. The van der Waals surface area contributed by atoms with Crippen LogP contribution in [0.2, 0.25) is 0 Å². The van der Waals surface area contributed by atoms with Crippen LogP contribution in [0.15, 0.2) is 101 Å². The van der Waals surface area contributed by atoms with E-state index in [0.29, 0.717) is 12.1 Å². The molecular weight excluding hydrogens is 675 g/mol. The van der Waals surface area contributed by atoms with E-state index in [1.165, 1.54) is 18.2 Å². The van der Waals surface area contributed by atoms with Crippen molar-refractivity contribution in [3.8, 4) is 17.2 Å². The maximum absolute atomic E-state index is 13.7. The summed E-state index contributed by atoms with van der Waals surface area (Å²) in [5.74, 6) is -2.38. The van der Waals surface area contributed by atoms with Crippen molar-refractivity contribution >= 4 is 56.9 Å². The van der Waals surface area contributed by atoms with Crippen molar-refractivity contribution in [1.29, 1.82) is 0 Å². The number of barbiturate groups is 1. The van der Waals surface area contributed by atoms with Gasteiger partial charge >= 0.3 is 17.9 Å². The molecule has 1 heterocycles. The summed E-state index contributed by atoms with van der Waals surface area (Å²) in [6.07, 6.45) is -3.57. The van der Waals surface area contributed by atoms with E-state index in [0.717, 1.165) is 15.9 Å². The Labute approximate surface area is 267 Å². The van der Waals surface area contributed by atoms with Crippen LogP contribution in [0.1, 0.15) is 18.1 Å². The molecule has 234 valence electrons. The maximum atomic E-state index is 13.7. The van der Waals surface area contributed by atoms with Gasteiger partial charge in [0.25, 0.3) is 11.8 Å². The van der Waals surface area contributed by atoms with Crippen LogP contribution < -0.4 is 19.3 Å². The van der Waals surface area contributed by atoms with Gasteiger partial charge in [-0.3, -0.25) is 19.7 Å². The number of rotatable bonds is 8. The molecule has 0 spiro atoms. The number of hydrogen-bond donors (Lipinski definition) is 0. The summed E-state index contributed by atoms with van der Waals surface area (Å²) >= 11 is 3.31. The number of amides is 4. The molecule has 4 aromatic carbocycles. The van der Waals surface area contributed by atoms with Gasteiger partial charge < -0.3 is 9.47 Å². The Morgan fingerprint density at radius 1 is 0.848 bits per heavy atom. The summed E-state index contributed by atoms with van der Waals surface area (Å²) < 4.78 is 51.1. The van der Waals surface area contributed by atoms with Gasteiger partial charge in [0.15, 0.2) is 11.5 Å². The van der Waals surface area contributed by atoms with E-state index < -0.39 is 45.9 Å². The topological polar surface area (TPSA) is 119 Å². The molecule has 5 rings (SSSR count). The van der Waals surface area contributed by atoms with Crippen LogP contribution in [0.3, 0.4) is 0 Å². The molecule has 0 N–H and O–H groups in total. The van der Waals surface area contributed by atoms with Crippen LogP contribution >= 0.6 is 15.9 Å². The Morgan fingerprint density at radius 2 is 1.41 bits per heavy atom. The highest BCUT2D eigenvalue weighted by Gasteiger charge is 2.43. The van der Waals surface area contributed by atoms with Crippen LogP contribution in [-0.4, -0.2) is 29.4 Å². The smallest absolute Gasteiger partial charge is 0.416 e. The molecule has 0 aliphatic carbocycles. The van der Waals surface area contributed by atoms with Gasteiger partial charge in [0.2, 0.25) is 5.75 Å². The van der Waals surface area contributed by atoms with Crippen molar-refractivity contribution in [2.24, 2.45) is 0 Å². The van der Waals surface area contributed by atoms with Gasteiger partial charge in [-0.15, -0.1) is 0 Å². The third kappa shape index (κ3) is 6.33. The van der Waals surface area contributed by atoms with Gasteiger partial charge in [-0.25, -0.2) is 14.6 Å². The first-order chi connectivity index (χ1) is 21.9. The molecule has 1 saturated heterocycles. The number of carbonyl (C=O) groups excluding carboxylic acids is 3. The molecule has 0 radical (unpaired) electrons. The number of benzene rings is 4. The van der Waals surface area contributed by atoms with Crippen molar-refractivity contribution in [3.63, 3.8) is 0 Å². The third-order valence-corrected chi connectivity index (χ3v) is 7.21. The van der Waals surface area contributed by atoms with Crippen LogP contribution in [0.4, 0.5) is 35.0 Å². The fourth-order valence-electron chi connectivity index (χ4n) is 4.57. The zero-order chi connectivity index (χ0) is 33.2. The normalized spacial score (nSPS) is 13.6. The molecular formula is C32H21BrF3N3O7. The minimum absolute atomic E-state index is 0.00969. The van der Waals surface area contributed by atoms with Crippen LogP contribution in [0.25, 0.3) is 6.08 Å². The highest BCUT2D eigenvalue weighted by atomic mass is 79.9. The quantitative estimate of drug-likeness (QED) is 0.0790. The van der Waals surface area contributed by atoms with Gasteiger partial charge in [0, 0.05) is 6.07 Å². The first kappa shape index (κ1) is 31.9. The molecule has 1 fully saturated rings. The summed E-state index contributed by atoms with van der Waals surface area (Å²) in [5.41, 5.74) is -1.83. The number of imide groups is 2. The highest BCUT2D eigenvalue weighted by Crippen LogP contribution is 2.44. The molecule has 10 nitrogen and oxygen atoms in total. The number of anilines is 2. The number of para-hydroxylation sites is 2. The van der Waals surface area contributed by atoms with Crippen molar-refractivity contribution in [1.82, 2.24) is 0 Å². The predicted molar refractivity (Wildman–Crippen MR) is 165 cm³/mol. The van der Waals surface area contributed by atoms with E-state index in [1.807, 2.05) is 0 Å². The standard InChI is InChI=1S/C32H21BrF3N3O7/c1-2-45-27-17-19(16-24(33)28(27)46-26-14-13-20(32(34,35)36)18-25(26)39(43)44)15-23-29(40)37(21-9-5-3-6-10-21)31(42)38(30(23)41)22-11-7-4-8-12-22/h3-18H,2H2,1H3. The number of ether oxygens (including phenoxy) is 2. The molecule has 0 bridgehead atoms. The largest absolute Gasteiger partial charge is 0.490 e. The number of hydrogen-bond acceptors (Lipinski definition) is 7. The molecule has 14 heteroatoms. The van der Waals surface area contributed by atoms with E-state index in [1.54, 1.807) is 67.6 Å². The Bertz CT molecular complexity index is 1820. The predicted octanol–water partition coefficient (Wildman–Crippen LogP) is 8.15. The monoisotopic (exact) mass is 695 g/mol. The van der Waals surface area contributed by atoms with Gasteiger partial charge in [-0.2, -0.15) is 13.2 Å². The molecule has 4 amide bonds. The first-order valence-corrected chi connectivity index (χ1v) is 14.2. The number of urea groups is 1. The lowest BCUT2D eigenvalue weighted by atomic mass is 10.0. The zero-order valence-electron chi connectivity index (χ0n) is 23.7. The summed E-state index contributed by atoms with van der Waals surface area (Å²) in [7, 11) is 0. The van der Waals surface area contributed by atoms with Crippen molar-refractivity contribution < 1.29 is 42.0 Å².